The number of hydroxylamine groups is 1. The molecule has 6 heteroatoms. The van der Waals surface area contributed by atoms with Crippen LogP contribution in [-0.4, -0.2) is 27.5 Å². The van der Waals surface area contributed by atoms with Crippen molar-refractivity contribution in [3.8, 4) is 5.75 Å². The van der Waals surface area contributed by atoms with Crippen LogP contribution in [0.5, 0.6) is 5.75 Å². The highest BCUT2D eigenvalue weighted by Gasteiger charge is 2.33. The van der Waals surface area contributed by atoms with Crippen molar-refractivity contribution in [3.05, 3.63) is 69.9 Å². The van der Waals surface area contributed by atoms with E-state index in [4.69, 9.17) is 11.6 Å². The molecule has 1 aliphatic rings. The smallest absolute Gasteiger partial charge is 0.115 e. The first-order chi connectivity index (χ1) is 13.1. The van der Waals surface area contributed by atoms with Gasteiger partial charge in [0.05, 0.1) is 6.54 Å². The number of halogens is 1. The quantitative estimate of drug-likeness (QED) is 0.689. The molecule has 3 rings (SSSR count). The number of hydrogen-bond acceptors (Lipinski definition) is 5. The molecule has 2 aromatic carbocycles. The molecule has 1 aliphatic heterocycles. The van der Waals surface area contributed by atoms with Crippen LogP contribution in [0.1, 0.15) is 43.7 Å². The maximum Gasteiger partial charge on any atom is 0.115 e. The number of benzene rings is 2. The van der Waals surface area contributed by atoms with Crippen molar-refractivity contribution in [2.75, 3.05) is 0 Å². The zero-order chi connectivity index (χ0) is 19.2. The maximum atomic E-state index is 12.8. The van der Waals surface area contributed by atoms with Crippen molar-refractivity contribution in [2.45, 2.75) is 57.7 Å². The van der Waals surface area contributed by atoms with Crippen molar-refractivity contribution in [2.24, 2.45) is 0 Å². The van der Waals surface area contributed by atoms with E-state index in [1.54, 1.807) is 17.3 Å². The summed E-state index contributed by atoms with van der Waals surface area (Å²) in [5, 5.41) is 25.6. The molecule has 0 aliphatic carbocycles. The van der Waals surface area contributed by atoms with Crippen molar-refractivity contribution in [1.82, 2.24) is 15.7 Å². The number of phenolic OH excluding ortho intramolecular Hbond substituents is 1. The topological polar surface area (TPSA) is 61.8 Å². The number of rotatable bonds is 8. The van der Waals surface area contributed by atoms with Crippen LogP contribution in [0.2, 0.25) is 5.02 Å². The summed E-state index contributed by atoms with van der Waals surface area (Å²) in [4.78, 5) is 0. The van der Waals surface area contributed by atoms with Gasteiger partial charge in [-0.3, -0.25) is 5.17 Å². The maximum absolute atomic E-state index is 12.8. The Morgan fingerprint density at radius 2 is 1.89 bits per heavy atom. The Bertz CT molecular complexity index is 726. The van der Waals surface area contributed by atoms with Crippen molar-refractivity contribution < 1.29 is 5.11 Å². The zero-order valence-electron chi connectivity index (χ0n) is 15.6. The van der Waals surface area contributed by atoms with Crippen molar-refractivity contribution in [1.29, 1.82) is 0 Å². The van der Waals surface area contributed by atoms with Gasteiger partial charge in [-0.1, -0.05) is 49.2 Å². The third-order valence-corrected chi connectivity index (χ3v) is 5.26. The normalized spacial score (nSPS) is 21.0. The van der Waals surface area contributed by atoms with Gasteiger partial charge in [-0.15, -0.1) is 0 Å². The Kier molecular flexibility index (Phi) is 7.10. The van der Waals surface area contributed by atoms with Gasteiger partial charge in [-0.05, 0) is 61.1 Å². The van der Waals surface area contributed by atoms with Crippen molar-refractivity contribution in [3.63, 3.8) is 0 Å². The van der Waals surface area contributed by atoms with E-state index in [1.165, 1.54) is 5.56 Å². The highest BCUT2D eigenvalue weighted by atomic mass is 35.5. The summed E-state index contributed by atoms with van der Waals surface area (Å²) in [6, 6.07) is 15.0. The van der Waals surface area contributed by atoms with Crippen molar-refractivity contribution >= 4 is 11.6 Å². The number of phenols is 1. The molecule has 0 bridgehead atoms. The fraction of sp³-hybridized carbons (Fsp3) is 0.429. The molecule has 2 atom stereocenters. The van der Waals surface area contributed by atoms with E-state index in [0.717, 1.165) is 42.8 Å². The van der Waals surface area contributed by atoms with E-state index < -0.39 is 0 Å². The van der Waals surface area contributed by atoms with E-state index in [0.29, 0.717) is 11.6 Å². The van der Waals surface area contributed by atoms with E-state index >= 15 is 0 Å². The lowest BCUT2D eigenvalue weighted by Crippen LogP contribution is -2.40. The van der Waals surface area contributed by atoms with Gasteiger partial charge in [-0.2, -0.15) is 5.12 Å². The van der Waals surface area contributed by atoms with E-state index in [1.807, 2.05) is 36.4 Å². The van der Waals surface area contributed by atoms with Crippen LogP contribution in [-0.2, 0) is 13.0 Å². The molecule has 0 saturated carbocycles. The summed E-state index contributed by atoms with van der Waals surface area (Å²) in [6.45, 7) is 2.61. The predicted octanol–water partition coefficient (Wildman–Crippen LogP) is 4.64. The number of aryl methyl sites for hydroxylation is 1. The molecule has 0 aromatic heterocycles. The molecule has 0 amide bonds. The summed E-state index contributed by atoms with van der Waals surface area (Å²) in [6.07, 6.45) is 4.69. The molecule has 146 valence electrons. The molecule has 0 radical (unpaired) electrons. The van der Waals surface area contributed by atoms with Crippen LogP contribution >= 0.6 is 11.6 Å². The fourth-order valence-electron chi connectivity index (χ4n) is 3.64. The Hall–Kier alpha value is -1.63. The van der Waals surface area contributed by atoms with Gasteiger partial charge in [-0.25, -0.2) is 5.43 Å². The van der Waals surface area contributed by atoms with Crippen LogP contribution in [0.3, 0.4) is 0 Å². The third-order valence-electron chi connectivity index (χ3n) is 5.02. The second kappa shape index (κ2) is 9.53. The summed E-state index contributed by atoms with van der Waals surface area (Å²) in [5.41, 5.74) is 5.61. The third kappa shape index (κ3) is 5.43. The van der Waals surface area contributed by atoms with Gasteiger partial charge >= 0.3 is 0 Å². The number of hydrazine groups is 2. The Labute approximate surface area is 166 Å². The van der Waals surface area contributed by atoms with E-state index in [9.17, 15) is 10.3 Å². The monoisotopic (exact) mass is 388 g/mol. The van der Waals surface area contributed by atoms with Crippen LogP contribution in [0.4, 0.5) is 0 Å². The lowest BCUT2D eigenvalue weighted by molar-refractivity contribution is 0.00150. The fourth-order valence-corrected chi connectivity index (χ4v) is 3.86. The average Bonchev–Trinajstić information content (AvgIpc) is 2.93. The molecular formula is C21H27ClN3O2-. The minimum absolute atomic E-state index is 0.0472. The molecule has 2 aromatic rings. The average molecular weight is 389 g/mol. The lowest BCUT2D eigenvalue weighted by atomic mass is 9.98. The largest absolute Gasteiger partial charge is 0.770 e. The second-order valence-electron chi connectivity index (χ2n) is 7.14. The number of hydrogen-bond donors (Lipinski definition) is 2. The molecule has 1 saturated heterocycles. The van der Waals surface area contributed by atoms with Gasteiger partial charge in [0.2, 0.25) is 0 Å². The Morgan fingerprint density at radius 3 is 2.59 bits per heavy atom. The highest BCUT2D eigenvalue weighted by molar-refractivity contribution is 6.30. The summed E-state index contributed by atoms with van der Waals surface area (Å²) >= 11 is 6.06. The molecule has 1 fully saturated rings. The first-order valence-corrected chi connectivity index (χ1v) is 9.97. The predicted molar refractivity (Wildman–Crippen MR) is 109 cm³/mol. The molecule has 2 unspecified atom stereocenters. The van der Waals surface area contributed by atoms with E-state index in [2.05, 4.69) is 12.3 Å². The molecule has 27 heavy (non-hydrogen) atoms. The van der Waals surface area contributed by atoms with Gasteiger partial charge in [0, 0.05) is 17.1 Å². The van der Waals surface area contributed by atoms with Crippen LogP contribution in [0, 0.1) is 5.21 Å². The van der Waals surface area contributed by atoms with Gasteiger partial charge in [0.25, 0.3) is 0 Å². The molecule has 1 heterocycles. The number of aromatic hydroxyl groups is 1. The second-order valence-corrected chi connectivity index (χ2v) is 7.58. The van der Waals surface area contributed by atoms with Gasteiger partial charge < -0.3 is 10.3 Å². The van der Waals surface area contributed by atoms with Gasteiger partial charge in [0.15, 0.2) is 0 Å². The van der Waals surface area contributed by atoms with Crippen LogP contribution in [0.25, 0.3) is 0 Å². The first kappa shape index (κ1) is 20.1. The summed E-state index contributed by atoms with van der Waals surface area (Å²) < 4.78 is 0. The Balaban J connectivity index is 1.58. The minimum atomic E-state index is -0.0472. The lowest BCUT2D eigenvalue weighted by Gasteiger charge is -2.36. The molecular weight excluding hydrogens is 362 g/mol. The summed E-state index contributed by atoms with van der Waals surface area (Å²) in [7, 11) is 0. The summed E-state index contributed by atoms with van der Waals surface area (Å²) in [5.74, 6) is 0.290. The number of nitrogens with one attached hydrogen (secondary N) is 1. The Morgan fingerprint density at radius 1 is 1.11 bits per heavy atom. The first-order valence-electron chi connectivity index (χ1n) is 9.59. The highest BCUT2D eigenvalue weighted by Crippen LogP contribution is 2.25. The SMILES string of the molecule is CCCC1C(CCCc2ccc(O)cc2)NN(Cc2cccc(Cl)c2)N1[O-]. The van der Waals surface area contributed by atoms with E-state index in [-0.39, 0.29) is 17.8 Å². The molecule has 0 spiro atoms. The standard InChI is InChI=1S/C21H27ClN3O2/c1-2-5-21-20(9-4-6-16-10-12-19(26)13-11-16)23-24(25(21)27)15-17-7-3-8-18(22)14-17/h3,7-8,10-14,20-21,23,26H,2,4-6,9,15H2,1H3/q-1. The number of nitrogens with zero attached hydrogens (tertiary/aromatic N) is 2. The van der Waals surface area contributed by atoms with Crippen LogP contribution in [0.15, 0.2) is 48.5 Å². The molecule has 5 nitrogen and oxygen atoms in total. The zero-order valence-corrected chi connectivity index (χ0v) is 16.4. The van der Waals surface area contributed by atoms with Gasteiger partial charge in [0.1, 0.15) is 5.75 Å². The minimum Gasteiger partial charge on any atom is -0.770 e. The van der Waals surface area contributed by atoms with Crippen LogP contribution < -0.4 is 5.43 Å². The molecule has 2 N–H and O–H groups in total.